The van der Waals surface area contributed by atoms with Crippen LogP contribution in [0.3, 0.4) is 0 Å². The molecule has 3 atom stereocenters. The summed E-state index contributed by atoms with van der Waals surface area (Å²) < 4.78 is 53.5. The van der Waals surface area contributed by atoms with Gasteiger partial charge < -0.3 is 15.2 Å². The van der Waals surface area contributed by atoms with E-state index in [1.807, 2.05) is 0 Å². The highest BCUT2D eigenvalue weighted by atomic mass is 32.2. The Morgan fingerprint density at radius 2 is 1.43 bits per heavy atom. The van der Waals surface area contributed by atoms with Crippen molar-refractivity contribution in [3.05, 3.63) is 35.9 Å². The molecular weight excluding hydrogens is 760 g/mol. The number of Topliss-reactive ketones (excluding diaryl/α,β-unsaturated/α-hetero) is 1. The number of ether oxygens (including phenoxy) is 1. The van der Waals surface area contributed by atoms with E-state index >= 15 is 0 Å². The van der Waals surface area contributed by atoms with E-state index < -0.39 is 60.0 Å². The number of anilines is 1. The van der Waals surface area contributed by atoms with Gasteiger partial charge >= 0.3 is 21.2 Å². The van der Waals surface area contributed by atoms with Crippen molar-refractivity contribution in [2.45, 2.75) is 76.1 Å². The largest absolute Gasteiger partial charge is 0.493 e. The molecule has 2 aromatic rings. The van der Waals surface area contributed by atoms with Gasteiger partial charge in [0.25, 0.3) is 0 Å². The molecule has 2 saturated heterocycles. The minimum absolute atomic E-state index is 0.0531. The van der Waals surface area contributed by atoms with Crippen LogP contribution in [0.15, 0.2) is 30.3 Å². The predicted molar refractivity (Wildman–Crippen MR) is 193 cm³/mol. The number of carbonyl (C=O) groups excluding carboxylic acids is 2. The molecule has 0 aliphatic carbocycles. The summed E-state index contributed by atoms with van der Waals surface area (Å²) in [6, 6.07) is 8.40. The standard InChI is InChI=1S/C32H47N3O15P2S/c1-8-42-23-17-16-20-21(25(23)27(36)26-28(37)35-29(26)53-31(6,7)32(35,33)30(38)39)14-13-15-22(20)34-19-18-24(51(40,47-43-9-2)48-44-10-3)52(41,49-45-11-4)50-46-12-5/h13-17,24,26,29,34H,8-12,18-19,33H2,1-7H3,(H,38,39). The number of aliphatic carboxylic acids is 1. The second kappa shape index (κ2) is 17.9. The zero-order chi connectivity index (χ0) is 39.2. The summed E-state index contributed by atoms with van der Waals surface area (Å²) in [5, 5.41) is 11.6. The molecular formula is C32H47N3O15P2S. The minimum atomic E-state index is -4.62. The van der Waals surface area contributed by atoms with E-state index in [2.05, 4.69) is 5.32 Å². The van der Waals surface area contributed by atoms with Crippen LogP contribution in [0.1, 0.15) is 65.2 Å². The molecule has 296 valence electrons. The van der Waals surface area contributed by atoms with Gasteiger partial charge in [0, 0.05) is 17.6 Å². The zero-order valence-corrected chi connectivity index (χ0v) is 33.2. The maximum absolute atomic E-state index is 14.3. The first-order valence-electron chi connectivity index (χ1n) is 17.1. The van der Waals surface area contributed by atoms with Gasteiger partial charge in [-0.3, -0.25) is 29.4 Å². The van der Waals surface area contributed by atoms with Crippen LogP contribution in [0.4, 0.5) is 5.69 Å². The predicted octanol–water partition coefficient (Wildman–Crippen LogP) is 5.86. The SMILES string of the molecule is CCOOP(=O)(OOCC)C(CCNc1cccc2c(C(=O)C3C(=O)N4C3SC(C)(C)C4(N)C(=O)O)c(OCC)ccc12)P(=O)(OOCC)OOCC. The van der Waals surface area contributed by atoms with E-state index in [0.29, 0.717) is 16.5 Å². The van der Waals surface area contributed by atoms with Crippen molar-refractivity contribution in [3.8, 4) is 5.75 Å². The van der Waals surface area contributed by atoms with Gasteiger partial charge in [0.2, 0.25) is 11.6 Å². The molecule has 0 bridgehead atoms. The van der Waals surface area contributed by atoms with E-state index in [0.717, 1.165) is 16.7 Å². The summed E-state index contributed by atoms with van der Waals surface area (Å²) >= 11 is 1.16. The Labute approximate surface area is 311 Å². The molecule has 18 nitrogen and oxygen atoms in total. The maximum atomic E-state index is 14.3. The number of benzene rings is 2. The van der Waals surface area contributed by atoms with E-state index in [4.69, 9.17) is 48.7 Å². The van der Waals surface area contributed by atoms with Gasteiger partial charge in [0.1, 0.15) is 11.7 Å². The average Bonchev–Trinajstić information content (AvgIpc) is 3.31. The number of hydrogen-bond acceptors (Lipinski definition) is 17. The first-order valence-corrected chi connectivity index (χ1v) is 21.2. The smallest absolute Gasteiger partial charge is 0.399 e. The highest BCUT2D eigenvalue weighted by Crippen LogP contribution is 2.72. The van der Waals surface area contributed by atoms with Crippen LogP contribution in [-0.4, -0.2) is 88.4 Å². The van der Waals surface area contributed by atoms with Crippen molar-refractivity contribution in [3.63, 3.8) is 0 Å². The Morgan fingerprint density at radius 3 is 1.92 bits per heavy atom. The summed E-state index contributed by atoms with van der Waals surface area (Å²) in [6.07, 6.45) is -0.278. The van der Waals surface area contributed by atoms with Gasteiger partial charge in [-0.05, 0) is 78.5 Å². The number of hydrogen-bond donors (Lipinski definition) is 3. The summed E-state index contributed by atoms with van der Waals surface area (Å²) in [5.74, 6) is -3.59. The summed E-state index contributed by atoms with van der Waals surface area (Å²) in [7, 11) is -9.24. The summed E-state index contributed by atoms with van der Waals surface area (Å²) in [6.45, 7) is 11.2. The van der Waals surface area contributed by atoms with Crippen molar-refractivity contribution in [2.75, 3.05) is 44.9 Å². The van der Waals surface area contributed by atoms with Crippen LogP contribution in [0.2, 0.25) is 0 Å². The van der Waals surface area contributed by atoms with Gasteiger partial charge in [-0.15, -0.1) is 30.5 Å². The molecule has 0 spiro atoms. The molecule has 2 fully saturated rings. The molecule has 0 aromatic heterocycles. The number of nitrogens with zero attached hydrogens (tertiary/aromatic N) is 1. The van der Waals surface area contributed by atoms with Crippen molar-refractivity contribution in [2.24, 2.45) is 11.7 Å². The number of carboxylic acids is 1. The summed E-state index contributed by atoms with van der Waals surface area (Å²) in [4.78, 5) is 61.1. The molecule has 4 rings (SSSR count). The Kier molecular flexibility index (Phi) is 14.5. The molecule has 3 unspecified atom stereocenters. The molecule has 2 aliphatic heterocycles. The Hall–Kier alpha value is -2.64. The lowest BCUT2D eigenvalue weighted by molar-refractivity contribution is -0.272. The highest BCUT2D eigenvalue weighted by molar-refractivity contribution is 8.01. The third-order valence-corrected chi connectivity index (χ3v) is 15.0. The molecule has 2 aromatic carbocycles. The van der Waals surface area contributed by atoms with Crippen LogP contribution >= 0.6 is 27.0 Å². The molecule has 2 aliphatic rings. The third kappa shape index (κ3) is 8.32. The number of carbonyl (C=O) groups is 3. The van der Waals surface area contributed by atoms with Crippen LogP contribution in [0, 0.1) is 5.92 Å². The van der Waals surface area contributed by atoms with Gasteiger partial charge in [-0.2, -0.15) is 0 Å². The minimum Gasteiger partial charge on any atom is -0.493 e. The topological polar surface area (TPSA) is 230 Å². The number of thioether (sulfide) groups is 1. The van der Waals surface area contributed by atoms with Crippen LogP contribution in [-0.2, 0) is 57.0 Å². The molecule has 21 heteroatoms. The van der Waals surface area contributed by atoms with Crippen molar-refractivity contribution in [1.29, 1.82) is 0 Å². The lowest BCUT2D eigenvalue weighted by Gasteiger charge is -2.47. The van der Waals surface area contributed by atoms with Gasteiger partial charge in [-0.1, -0.05) is 12.1 Å². The number of ketones is 1. The van der Waals surface area contributed by atoms with E-state index in [9.17, 15) is 28.6 Å². The Bertz CT molecular complexity index is 1690. The molecule has 2 heterocycles. The lowest BCUT2D eigenvalue weighted by atomic mass is 9.82. The van der Waals surface area contributed by atoms with Crippen LogP contribution in [0.5, 0.6) is 5.75 Å². The molecule has 0 radical (unpaired) electrons. The normalized spacial score (nSPS) is 21.2. The maximum Gasteiger partial charge on any atom is 0.399 e. The van der Waals surface area contributed by atoms with Crippen molar-refractivity contribution in [1.82, 2.24) is 4.90 Å². The average molecular weight is 808 g/mol. The fraction of sp³-hybridized carbons (Fsp3) is 0.594. The number of amides is 1. The van der Waals surface area contributed by atoms with E-state index in [1.165, 1.54) is 0 Å². The number of fused-ring (bicyclic) bond motifs is 2. The fourth-order valence-corrected chi connectivity index (χ4v) is 11.9. The molecule has 53 heavy (non-hydrogen) atoms. The van der Waals surface area contributed by atoms with Crippen molar-refractivity contribution < 1.29 is 71.6 Å². The number of nitrogens with two attached hydrogens (primary N) is 1. The van der Waals surface area contributed by atoms with E-state index in [-0.39, 0.29) is 57.3 Å². The fourth-order valence-electron chi connectivity index (χ4n) is 5.97. The Morgan fingerprint density at radius 1 is 0.887 bits per heavy atom. The first-order chi connectivity index (χ1) is 25.1. The third-order valence-electron chi connectivity index (χ3n) is 8.48. The highest BCUT2D eigenvalue weighted by Gasteiger charge is 2.72. The second-order valence-corrected chi connectivity index (χ2v) is 18.3. The first kappa shape index (κ1) is 43.1. The monoisotopic (exact) mass is 807 g/mol. The van der Waals surface area contributed by atoms with Gasteiger partial charge in [0.15, 0.2) is 11.2 Å². The zero-order valence-electron chi connectivity index (χ0n) is 30.6. The van der Waals surface area contributed by atoms with Crippen molar-refractivity contribution >= 4 is 61.1 Å². The van der Waals surface area contributed by atoms with Crippen LogP contribution < -0.4 is 15.8 Å². The second-order valence-electron chi connectivity index (χ2n) is 12.1. The lowest BCUT2D eigenvalue weighted by Crippen LogP contribution is -2.75. The van der Waals surface area contributed by atoms with Gasteiger partial charge in [-0.25, -0.2) is 24.3 Å². The van der Waals surface area contributed by atoms with E-state index in [1.54, 1.807) is 78.8 Å². The number of carboxylic acid groups (broad SMARTS) is 1. The Balaban J connectivity index is 1.70. The van der Waals surface area contributed by atoms with Crippen LogP contribution in [0.25, 0.3) is 10.8 Å². The number of β-lactam (4-membered cyclic amide) rings is 1. The molecule has 0 saturated carbocycles. The quantitative estimate of drug-likeness (QED) is 0.0298. The number of rotatable bonds is 23. The van der Waals surface area contributed by atoms with Gasteiger partial charge in [0.05, 0.1) is 48.7 Å². The molecule has 4 N–H and O–H groups in total. The summed E-state index contributed by atoms with van der Waals surface area (Å²) in [5.41, 5.74) is 4.91. The molecule has 1 amide bonds. The number of nitrogens with one attached hydrogen (secondary N) is 1.